The summed E-state index contributed by atoms with van der Waals surface area (Å²) in [6, 6.07) is 3.82. The first-order valence-corrected chi connectivity index (χ1v) is 7.23. The number of aliphatic carboxylic acids is 1. The number of nitrogens with one attached hydrogen (secondary N) is 1. The zero-order valence-corrected chi connectivity index (χ0v) is 11.8. The molecule has 2 N–H and O–H groups in total. The van der Waals surface area contributed by atoms with Crippen molar-refractivity contribution < 1.29 is 14.3 Å². The highest BCUT2D eigenvalue weighted by Gasteiger charge is 2.22. The maximum absolute atomic E-state index is 10.6. The molecule has 0 bridgehead atoms. The average Bonchev–Trinajstić information content (AvgIpc) is 2.95. The van der Waals surface area contributed by atoms with Gasteiger partial charge in [0.2, 0.25) is 0 Å². The summed E-state index contributed by atoms with van der Waals surface area (Å²) in [5.41, 5.74) is 0.853. The molecule has 1 unspecified atom stereocenters. The largest absolute Gasteiger partial charge is 0.480 e. The number of furan rings is 1. The lowest BCUT2D eigenvalue weighted by atomic mass is 9.97. The van der Waals surface area contributed by atoms with Gasteiger partial charge in [-0.25, -0.2) is 4.98 Å². The summed E-state index contributed by atoms with van der Waals surface area (Å²) in [5.74, 6) is 0.596. The zero-order valence-electron chi connectivity index (χ0n) is 11.8. The van der Waals surface area contributed by atoms with E-state index in [0.717, 1.165) is 49.3 Å². The summed E-state index contributed by atoms with van der Waals surface area (Å²) >= 11 is 0. The van der Waals surface area contributed by atoms with E-state index in [1.165, 1.54) is 0 Å². The number of fused-ring (bicyclic) bond motifs is 1. The van der Waals surface area contributed by atoms with Gasteiger partial charge in [-0.3, -0.25) is 4.79 Å². The van der Waals surface area contributed by atoms with Crippen molar-refractivity contribution in [2.45, 2.75) is 12.8 Å². The molecule has 0 aromatic carbocycles. The highest BCUT2D eigenvalue weighted by atomic mass is 16.4. The molecule has 0 spiro atoms. The van der Waals surface area contributed by atoms with Gasteiger partial charge >= 0.3 is 5.97 Å². The Bertz CT molecular complexity index is 625. The Balaban J connectivity index is 1.68. The van der Waals surface area contributed by atoms with Crippen LogP contribution >= 0.6 is 0 Å². The molecule has 1 fully saturated rings. The maximum Gasteiger partial charge on any atom is 0.317 e. The van der Waals surface area contributed by atoms with Crippen LogP contribution in [0.2, 0.25) is 0 Å². The number of anilines is 1. The summed E-state index contributed by atoms with van der Waals surface area (Å²) in [6.07, 6.45) is 5.67. The molecule has 3 rings (SSSR count). The Labute approximate surface area is 122 Å². The maximum atomic E-state index is 10.6. The Kier molecular flexibility index (Phi) is 4.06. The zero-order chi connectivity index (χ0) is 14.7. The van der Waals surface area contributed by atoms with Crippen LogP contribution in [0.25, 0.3) is 11.0 Å². The Hall–Kier alpha value is -2.08. The molecule has 3 heterocycles. The summed E-state index contributed by atoms with van der Waals surface area (Å²) in [7, 11) is 0. The second-order valence-electron chi connectivity index (χ2n) is 5.45. The molecule has 112 valence electrons. The third-order valence-corrected chi connectivity index (χ3v) is 3.89. The second-order valence-corrected chi connectivity index (χ2v) is 5.45. The van der Waals surface area contributed by atoms with Gasteiger partial charge in [0, 0.05) is 25.8 Å². The number of hydrogen-bond acceptors (Lipinski definition) is 5. The van der Waals surface area contributed by atoms with E-state index in [1.807, 2.05) is 12.1 Å². The van der Waals surface area contributed by atoms with Crippen molar-refractivity contribution in [3.05, 3.63) is 24.6 Å². The van der Waals surface area contributed by atoms with Gasteiger partial charge in [-0.2, -0.15) is 0 Å². The number of carbonyl (C=O) groups is 1. The quantitative estimate of drug-likeness (QED) is 0.872. The monoisotopic (exact) mass is 289 g/mol. The minimum absolute atomic E-state index is 0.0199. The van der Waals surface area contributed by atoms with Crippen LogP contribution in [0, 0.1) is 5.92 Å². The van der Waals surface area contributed by atoms with Crippen LogP contribution in [0.3, 0.4) is 0 Å². The van der Waals surface area contributed by atoms with Crippen molar-refractivity contribution in [2.75, 3.05) is 31.1 Å². The minimum Gasteiger partial charge on any atom is -0.480 e. The van der Waals surface area contributed by atoms with E-state index in [0.29, 0.717) is 5.92 Å². The summed E-state index contributed by atoms with van der Waals surface area (Å²) in [6.45, 7) is 2.62. The first-order valence-electron chi connectivity index (χ1n) is 7.23. The average molecular weight is 289 g/mol. The van der Waals surface area contributed by atoms with Crippen molar-refractivity contribution in [3.8, 4) is 0 Å². The van der Waals surface area contributed by atoms with Gasteiger partial charge in [-0.1, -0.05) is 0 Å². The Morgan fingerprint density at radius 1 is 1.52 bits per heavy atom. The number of pyridine rings is 1. The van der Waals surface area contributed by atoms with E-state index in [-0.39, 0.29) is 6.54 Å². The fraction of sp³-hybridized carbons (Fsp3) is 0.467. The first kappa shape index (κ1) is 13.9. The van der Waals surface area contributed by atoms with Gasteiger partial charge in [0.15, 0.2) is 0 Å². The standard InChI is InChI=1S/C15H19N3O3/c19-14(20)9-16-8-11-2-1-6-18(10-11)15-12-4-7-21-13(12)3-5-17-15/h3-5,7,11,16H,1-2,6,8-10H2,(H,19,20). The molecule has 0 radical (unpaired) electrons. The van der Waals surface area contributed by atoms with Crippen molar-refractivity contribution in [3.63, 3.8) is 0 Å². The van der Waals surface area contributed by atoms with Gasteiger partial charge in [-0.15, -0.1) is 0 Å². The number of carboxylic acid groups (broad SMARTS) is 1. The molecule has 2 aromatic heterocycles. The van der Waals surface area contributed by atoms with Gasteiger partial charge in [0.25, 0.3) is 0 Å². The number of aromatic nitrogens is 1. The smallest absolute Gasteiger partial charge is 0.317 e. The topological polar surface area (TPSA) is 78.6 Å². The lowest BCUT2D eigenvalue weighted by molar-refractivity contribution is -0.136. The molecule has 0 aliphatic carbocycles. The molecule has 0 amide bonds. The van der Waals surface area contributed by atoms with Gasteiger partial charge in [0.1, 0.15) is 11.4 Å². The van der Waals surface area contributed by atoms with Crippen LogP contribution in [0.4, 0.5) is 5.82 Å². The van der Waals surface area contributed by atoms with Crippen LogP contribution in [-0.4, -0.2) is 42.2 Å². The molecule has 1 aliphatic heterocycles. The summed E-state index contributed by atoms with van der Waals surface area (Å²) in [4.78, 5) is 17.3. The van der Waals surface area contributed by atoms with Crippen LogP contribution in [0.1, 0.15) is 12.8 Å². The normalized spacial score (nSPS) is 19.0. The van der Waals surface area contributed by atoms with Crippen LogP contribution in [0.5, 0.6) is 0 Å². The predicted octanol–water partition coefficient (Wildman–Crippen LogP) is 1.72. The van der Waals surface area contributed by atoms with Crippen molar-refractivity contribution in [2.24, 2.45) is 5.92 Å². The molecule has 21 heavy (non-hydrogen) atoms. The first-order chi connectivity index (χ1) is 10.2. The fourth-order valence-corrected chi connectivity index (χ4v) is 2.94. The van der Waals surface area contributed by atoms with Gasteiger partial charge in [-0.05, 0) is 30.9 Å². The highest BCUT2D eigenvalue weighted by Crippen LogP contribution is 2.28. The number of hydrogen-bond donors (Lipinski definition) is 2. The molecular weight excluding hydrogens is 270 g/mol. The fourth-order valence-electron chi connectivity index (χ4n) is 2.94. The van der Waals surface area contributed by atoms with Crippen LogP contribution in [-0.2, 0) is 4.79 Å². The second kappa shape index (κ2) is 6.13. The van der Waals surface area contributed by atoms with Crippen molar-refractivity contribution in [1.82, 2.24) is 10.3 Å². The SMILES string of the molecule is O=C(O)CNCC1CCCN(c2nccc3occc23)C1. The third-order valence-electron chi connectivity index (χ3n) is 3.89. The number of carboxylic acids is 1. The molecule has 2 aromatic rings. The van der Waals surface area contributed by atoms with E-state index in [4.69, 9.17) is 9.52 Å². The Morgan fingerprint density at radius 3 is 3.29 bits per heavy atom. The van der Waals surface area contributed by atoms with E-state index in [2.05, 4.69) is 15.2 Å². The molecule has 0 saturated carbocycles. The minimum atomic E-state index is -0.813. The van der Waals surface area contributed by atoms with E-state index in [9.17, 15) is 4.79 Å². The molecule has 1 aliphatic rings. The van der Waals surface area contributed by atoms with Gasteiger partial charge in [0.05, 0.1) is 18.2 Å². The van der Waals surface area contributed by atoms with E-state index >= 15 is 0 Å². The molecule has 6 nitrogen and oxygen atoms in total. The lowest BCUT2D eigenvalue weighted by Crippen LogP contribution is -2.41. The third kappa shape index (κ3) is 3.16. The summed E-state index contributed by atoms with van der Waals surface area (Å²) in [5, 5.41) is 12.7. The molecular formula is C15H19N3O3. The number of piperidine rings is 1. The lowest BCUT2D eigenvalue weighted by Gasteiger charge is -2.33. The predicted molar refractivity (Wildman–Crippen MR) is 79.5 cm³/mol. The summed E-state index contributed by atoms with van der Waals surface area (Å²) < 4.78 is 5.42. The van der Waals surface area contributed by atoms with Gasteiger partial charge < -0.3 is 19.7 Å². The van der Waals surface area contributed by atoms with Crippen molar-refractivity contribution in [1.29, 1.82) is 0 Å². The highest BCUT2D eigenvalue weighted by molar-refractivity contribution is 5.88. The van der Waals surface area contributed by atoms with E-state index in [1.54, 1.807) is 12.5 Å². The van der Waals surface area contributed by atoms with Crippen molar-refractivity contribution >= 4 is 22.8 Å². The number of rotatable bonds is 5. The molecule has 1 atom stereocenters. The molecule has 1 saturated heterocycles. The number of nitrogens with zero attached hydrogens (tertiary/aromatic N) is 2. The van der Waals surface area contributed by atoms with Crippen LogP contribution < -0.4 is 10.2 Å². The molecule has 6 heteroatoms. The van der Waals surface area contributed by atoms with E-state index < -0.39 is 5.97 Å². The van der Waals surface area contributed by atoms with Crippen LogP contribution in [0.15, 0.2) is 29.0 Å². The Morgan fingerprint density at radius 2 is 2.43 bits per heavy atom.